The molecule has 2 aromatic carbocycles. The molecule has 1 saturated heterocycles. The second-order valence-corrected chi connectivity index (χ2v) is 7.05. The molecule has 0 unspecified atom stereocenters. The Labute approximate surface area is 165 Å². The van der Waals surface area contributed by atoms with Crippen molar-refractivity contribution in [3.05, 3.63) is 95.7 Å². The van der Waals surface area contributed by atoms with E-state index in [1.165, 1.54) is 0 Å². The fraction of sp³-hybridized carbons (Fsp3) is 0.250. The van der Waals surface area contributed by atoms with Crippen molar-refractivity contribution in [1.29, 1.82) is 0 Å². The topological polar surface area (TPSA) is 42.4 Å². The SMILES string of the molecule is O=C(c1ccccc1)N1CCCC[C@@H]1c1cccnc1OCc1ccccc1. The summed E-state index contributed by atoms with van der Waals surface area (Å²) in [6, 6.07) is 23.5. The van der Waals surface area contributed by atoms with Crippen LogP contribution in [-0.4, -0.2) is 22.3 Å². The fourth-order valence-corrected chi connectivity index (χ4v) is 3.75. The van der Waals surface area contributed by atoms with Gasteiger partial charge in [-0.05, 0) is 43.0 Å². The lowest BCUT2D eigenvalue weighted by Crippen LogP contribution is -2.38. The van der Waals surface area contributed by atoms with Crippen LogP contribution in [0.3, 0.4) is 0 Å². The number of pyridine rings is 1. The van der Waals surface area contributed by atoms with E-state index in [1.807, 2.05) is 77.7 Å². The van der Waals surface area contributed by atoms with Crippen LogP contribution in [0.5, 0.6) is 5.88 Å². The van der Waals surface area contributed by atoms with E-state index in [1.54, 1.807) is 6.20 Å². The number of hydrogen-bond donors (Lipinski definition) is 0. The molecule has 4 heteroatoms. The van der Waals surface area contributed by atoms with Gasteiger partial charge >= 0.3 is 0 Å². The Kier molecular flexibility index (Phi) is 5.66. The Morgan fingerprint density at radius 2 is 1.71 bits per heavy atom. The molecular weight excluding hydrogens is 348 g/mol. The first-order chi connectivity index (χ1) is 13.8. The van der Waals surface area contributed by atoms with E-state index in [9.17, 15) is 4.79 Å². The minimum absolute atomic E-state index is 0.0130. The van der Waals surface area contributed by atoms with Gasteiger partial charge in [0.15, 0.2) is 0 Å². The van der Waals surface area contributed by atoms with Gasteiger partial charge in [-0.3, -0.25) is 4.79 Å². The van der Waals surface area contributed by atoms with Gasteiger partial charge in [-0.2, -0.15) is 0 Å². The Morgan fingerprint density at radius 3 is 2.50 bits per heavy atom. The number of aromatic nitrogens is 1. The highest BCUT2D eigenvalue weighted by Crippen LogP contribution is 2.36. The monoisotopic (exact) mass is 372 g/mol. The lowest BCUT2D eigenvalue weighted by molar-refractivity contribution is 0.0606. The number of carbonyl (C=O) groups is 1. The van der Waals surface area contributed by atoms with Crippen molar-refractivity contribution in [3.63, 3.8) is 0 Å². The van der Waals surface area contributed by atoms with E-state index in [4.69, 9.17) is 4.74 Å². The first-order valence-electron chi connectivity index (χ1n) is 9.80. The maximum Gasteiger partial charge on any atom is 0.254 e. The third-order valence-corrected chi connectivity index (χ3v) is 5.16. The lowest BCUT2D eigenvalue weighted by atomic mass is 9.95. The zero-order valence-electron chi connectivity index (χ0n) is 15.8. The maximum absolute atomic E-state index is 13.1. The van der Waals surface area contributed by atoms with Crippen LogP contribution in [0.1, 0.15) is 46.8 Å². The van der Waals surface area contributed by atoms with E-state index in [-0.39, 0.29) is 11.9 Å². The van der Waals surface area contributed by atoms with Crippen LogP contribution in [0, 0.1) is 0 Å². The Bertz CT molecular complexity index is 912. The minimum Gasteiger partial charge on any atom is -0.473 e. The molecule has 1 aliphatic rings. The lowest BCUT2D eigenvalue weighted by Gasteiger charge is -2.36. The van der Waals surface area contributed by atoms with Crippen molar-refractivity contribution in [2.75, 3.05) is 6.54 Å². The third kappa shape index (κ3) is 4.06. The Hall–Kier alpha value is -3.14. The van der Waals surface area contributed by atoms with Gasteiger partial charge in [0.1, 0.15) is 6.61 Å². The average Bonchev–Trinajstić information content (AvgIpc) is 2.79. The number of ether oxygens (including phenoxy) is 1. The van der Waals surface area contributed by atoms with Crippen LogP contribution >= 0.6 is 0 Å². The van der Waals surface area contributed by atoms with Crippen molar-refractivity contribution < 1.29 is 9.53 Å². The van der Waals surface area contributed by atoms with Gasteiger partial charge in [0.25, 0.3) is 5.91 Å². The van der Waals surface area contributed by atoms with Crippen LogP contribution in [0.4, 0.5) is 0 Å². The summed E-state index contributed by atoms with van der Waals surface area (Å²) >= 11 is 0. The van der Waals surface area contributed by atoms with Crippen LogP contribution in [0.15, 0.2) is 79.0 Å². The largest absolute Gasteiger partial charge is 0.473 e. The first kappa shape index (κ1) is 18.2. The highest BCUT2D eigenvalue weighted by Gasteiger charge is 2.31. The van der Waals surface area contributed by atoms with Gasteiger partial charge in [-0.25, -0.2) is 4.98 Å². The summed E-state index contributed by atoms with van der Waals surface area (Å²) in [4.78, 5) is 19.6. The summed E-state index contributed by atoms with van der Waals surface area (Å²) in [6.45, 7) is 1.22. The average molecular weight is 372 g/mol. The number of carbonyl (C=O) groups excluding carboxylic acids is 1. The van der Waals surface area contributed by atoms with Crippen LogP contribution in [0.25, 0.3) is 0 Å². The van der Waals surface area contributed by atoms with Gasteiger partial charge < -0.3 is 9.64 Å². The summed E-state index contributed by atoms with van der Waals surface area (Å²) in [5.41, 5.74) is 2.81. The molecule has 1 atom stereocenters. The van der Waals surface area contributed by atoms with Gasteiger partial charge in [0, 0.05) is 23.9 Å². The molecule has 1 aromatic heterocycles. The molecule has 1 fully saturated rings. The Morgan fingerprint density at radius 1 is 0.964 bits per heavy atom. The molecule has 1 aliphatic heterocycles. The van der Waals surface area contributed by atoms with E-state index >= 15 is 0 Å². The number of piperidine rings is 1. The Balaban J connectivity index is 1.58. The molecule has 3 aromatic rings. The number of nitrogens with zero attached hydrogens (tertiary/aromatic N) is 2. The summed E-state index contributed by atoms with van der Waals surface area (Å²) in [5, 5.41) is 0. The molecule has 4 rings (SSSR count). The van der Waals surface area contributed by atoms with Crippen LogP contribution < -0.4 is 4.74 Å². The summed E-state index contributed by atoms with van der Waals surface area (Å²) in [6.07, 6.45) is 4.79. The van der Waals surface area contributed by atoms with Gasteiger partial charge in [0.05, 0.1) is 6.04 Å². The van der Waals surface area contributed by atoms with Crippen LogP contribution in [0.2, 0.25) is 0 Å². The molecule has 0 spiro atoms. The standard InChI is InChI=1S/C24H24N2O2/c27-24(20-12-5-2-6-13-20)26-17-8-7-15-22(26)21-14-9-16-25-23(21)28-18-19-10-3-1-4-11-19/h1-6,9-14,16,22H,7-8,15,17-18H2/t22-/m1/s1. The molecule has 0 bridgehead atoms. The molecule has 0 saturated carbocycles. The number of benzene rings is 2. The zero-order chi connectivity index (χ0) is 19.2. The van der Waals surface area contributed by atoms with Gasteiger partial charge in [-0.1, -0.05) is 54.6 Å². The smallest absolute Gasteiger partial charge is 0.254 e. The quantitative estimate of drug-likeness (QED) is 0.631. The molecule has 0 radical (unpaired) electrons. The van der Waals surface area contributed by atoms with Gasteiger partial charge in [-0.15, -0.1) is 0 Å². The molecule has 0 N–H and O–H groups in total. The summed E-state index contributed by atoms with van der Waals surface area (Å²) in [7, 11) is 0. The molecule has 28 heavy (non-hydrogen) atoms. The predicted molar refractivity (Wildman–Crippen MR) is 109 cm³/mol. The molecule has 4 nitrogen and oxygen atoms in total. The van der Waals surface area contributed by atoms with E-state index in [0.717, 1.165) is 42.5 Å². The highest BCUT2D eigenvalue weighted by atomic mass is 16.5. The molecule has 2 heterocycles. The zero-order valence-corrected chi connectivity index (χ0v) is 15.8. The van der Waals surface area contributed by atoms with E-state index in [0.29, 0.717) is 12.5 Å². The summed E-state index contributed by atoms with van der Waals surface area (Å²) < 4.78 is 6.06. The second-order valence-electron chi connectivity index (χ2n) is 7.05. The van der Waals surface area contributed by atoms with Gasteiger partial charge in [0.2, 0.25) is 5.88 Å². The molecule has 142 valence electrons. The number of hydrogen-bond acceptors (Lipinski definition) is 3. The van der Waals surface area contributed by atoms with Crippen molar-refractivity contribution in [1.82, 2.24) is 9.88 Å². The van der Waals surface area contributed by atoms with Crippen molar-refractivity contribution in [3.8, 4) is 5.88 Å². The number of likely N-dealkylation sites (tertiary alicyclic amines) is 1. The van der Waals surface area contributed by atoms with E-state index in [2.05, 4.69) is 4.98 Å². The highest BCUT2D eigenvalue weighted by molar-refractivity contribution is 5.94. The minimum atomic E-state index is -0.0130. The molecule has 1 amide bonds. The van der Waals surface area contributed by atoms with Crippen molar-refractivity contribution >= 4 is 5.91 Å². The molecular formula is C24H24N2O2. The van der Waals surface area contributed by atoms with Crippen molar-refractivity contribution in [2.45, 2.75) is 31.9 Å². The van der Waals surface area contributed by atoms with E-state index < -0.39 is 0 Å². The molecule has 0 aliphatic carbocycles. The predicted octanol–water partition coefficient (Wildman–Crippen LogP) is 5.03. The first-order valence-corrected chi connectivity index (χ1v) is 9.80. The number of amides is 1. The second kappa shape index (κ2) is 8.70. The normalized spacial score (nSPS) is 16.6. The summed E-state index contributed by atoms with van der Waals surface area (Å²) in [5.74, 6) is 0.687. The number of rotatable bonds is 5. The maximum atomic E-state index is 13.1. The van der Waals surface area contributed by atoms with Crippen molar-refractivity contribution in [2.24, 2.45) is 0 Å². The van der Waals surface area contributed by atoms with Crippen LogP contribution in [-0.2, 0) is 6.61 Å². The fourth-order valence-electron chi connectivity index (χ4n) is 3.75. The third-order valence-electron chi connectivity index (χ3n) is 5.16.